The highest BCUT2D eigenvalue weighted by molar-refractivity contribution is 6.31. The van der Waals surface area contributed by atoms with Crippen molar-refractivity contribution >= 4 is 29.5 Å². The Labute approximate surface area is 172 Å². The first-order valence-corrected chi connectivity index (χ1v) is 9.19. The summed E-state index contributed by atoms with van der Waals surface area (Å²) >= 11 is 0. The average molecular weight is 402 g/mol. The molecule has 1 saturated heterocycles. The Morgan fingerprint density at radius 1 is 1.07 bits per heavy atom. The number of aryl methyl sites for hydroxylation is 1. The average Bonchev–Trinajstić information content (AvgIpc) is 3.33. The van der Waals surface area contributed by atoms with Crippen LogP contribution in [0.3, 0.4) is 0 Å². The van der Waals surface area contributed by atoms with Gasteiger partial charge in [0.05, 0.1) is 18.4 Å². The summed E-state index contributed by atoms with van der Waals surface area (Å²) < 4.78 is 10.6. The van der Waals surface area contributed by atoms with E-state index in [-0.39, 0.29) is 5.57 Å². The lowest BCUT2D eigenvalue weighted by molar-refractivity contribution is -0.117. The number of nitrogens with one attached hydrogen (secondary N) is 1. The van der Waals surface area contributed by atoms with Crippen molar-refractivity contribution in [3.05, 3.63) is 83.1 Å². The van der Waals surface area contributed by atoms with Crippen molar-refractivity contribution in [2.24, 2.45) is 0 Å². The summed E-state index contributed by atoms with van der Waals surface area (Å²) in [6, 6.07) is 17.4. The molecule has 1 aromatic heterocycles. The predicted octanol–water partition coefficient (Wildman–Crippen LogP) is 3.50. The zero-order valence-corrected chi connectivity index (χ0v) is 16.3. The van der Waals surface area contributed by atoms with Crippen LogP contribution < -0.4 is 10.4 Å². The number of esters is 1. The number of amides is 2. The lowest BCUT2D eigenvalue weighted by Gasteiger charge is -2.13. The molecule has 1 aliphatic rings. The van der Waals surface area contributed by atoms with Crippen LogP contribution in [0.2, 0.25) is 0 Å². The maximum Gasteiger partial charge on any atom is 0.337 e. The van der Waals surface area contributed by atoms with Gasteiger partial charge in [0.25, 0.3) is 11.8 Å². The van der Waals surface area contributed by atoms with Crippen LogP contribution in [0.4, 0.5) is 5.69 Å². The molecule has 0 aliphatic carbocycles. The lowest BCUT2D eigenvalue weighted by atomic mass is 10.0. The number of hydrogen-bond donors (Lipinski definition) is 1. The first-order chi connectivity index (χ1) is 14.5. The molecule has 150 valence electrons. The van der Waals surface area contributed by atoms with Gasteiger partial charge in [0, 0.05) is 5.56 Å². The van der Waals surface area contributed by atoms with Gasteiger partial charge < -0.3 is 9.15 Å². The number of ether oxygens (including phenoxy) is 1. The Morgan fingerprint density at radius 3 is 2.53 bits per heavy atom. The van der Waals surface area contributed by atoms with Crippen molar-refractivity contribution in [3.8, 4) is 11.3 Å². The third-order valence-corrected chi connectivity index (χ3v) is 4.73. The van der Waals surface area contributed by atoms with Crippen LogP contribution >= 0.6 is 0 Å². The van der Waals surface area contributed by atoms with Crippen molar-refractivity contribution in [1.29, 1.82) is 0 Å². The van der Waals surface area contributed by atoms with Crippen LogP contribution in [-0.2, 0) is 14.3 Å². The number of hydrazine groups is 1. The van der Waals surface area contributed by atoms with Gasteiger partial charge in [-0.25, -0.2) is 9.80 Å². The molecular formula is C23H18N2O5. The van der Waals surface area contributed by atoms with E-state index >= 15 is 0 Å². The Morgan fingerprint density at radius 2 is 1.83 bits per heavy atom. The van der Waals surface area contributed by atoms with E-state index in [0.29, 0.717) is 22.8 Å². The van der Waals surface area contributed by atoms with Crippen molar-refractivity contribution in [3.63, 3.8) is 0 Å². The van der Waals surface area contributed by atoms with Gasteiger partial charge in [-0.3, -0.25) is 15.0 Å². The fourth-order valence-electron chi connectivity index (χ4n) is 3.22. The van der Waals surface area contributed by atoms with E-state index in [1.807, 2.05) is 13.0 Å². The summed E-state index contributed by atoms with van der Waals surface area (Å²) in [6.45, 7) is 1.86. The van der Waals surface area contributed by atoms with E-state index < -0.39 is 17.8 Å². The molecule has 0 unspecified atom stereocenters. The van der Waals surface area contributed by atoms with Crippen LogP contribution in [0.5, 0.6) is 0 Å². The molecule has 7 nitrogen and oxygen atoms in total. The number of carbonyl (C=O) groups excluding carboxylic acids is 3. The smallest absolute Gasteiger partial charge is 0.337 e. The van der Waals surface area contributed by atoms with E-state index in [9.17, 15) is 14.4 Å². The highest BCUT2D eigenvalue weighted by atomic mass is 16.5. The van der Waals surface area contributed by atoms with Crippen molar-refractivity contribution < 1.29 is 23.5 Å². The SMILES string of the molecule is COC(=O)c1ccc(-c2ccc(C=C3C(=O)NN(c4ccccc4)C3=O)o2)c(C)c1. The van der Waals surface area contributed by atoms with Crippen molar-refractivity contribution in [2.45, 2.75) is 6.92 Å². The molecule has 2 amide bonds. The Kier molecular flexibility index (Phi) is 4.93. The van der Waals surface area contributed by atoms with Crippen LogP contribution in [-0.4, -0.2) is 24.9 Å². The summed E-state index contributed by atoms with van der Waals surface area (Å²) in [4.78, 5) is 36.7. The number of nitrogens with zero attached hydrogens (tertiary/aromatic N) is 1. The van der Waals surface area contributed by atoms with Crippen LogP contribution in [0.15, 0.2) is 70.7 Å². The zero-order valence-electron chi connectivity index (χ0n) is 16.3. The maximum atomic E-state index is 12.7. The van der Waals surface area contributed by atoms with Crippen LogP contribution in [0.25, 0.3) is 17.4 Å². The van der Waals surface area contributed by atoms with Gasteiger partial charge in [0.1, 0.15) is 17.1 Å². The highest BCUT2D eigenvalue weighted by Gasteiger charge is 2.34. The largest absolute Gasteiger partial charge is 0.465 e. The van der Waals surface area contributed by atoms with Crippen LogP contribution in [0, 0.1) is 6.92 Å². The molecule has 0 atom stereocenters. The fraction of sp³-hybridized carbons (Fsp3) is 0.0870. The maximum absolute atomic E-state index is 12.7. The third kappa shape index (κ3) is 3.48. The number of rotatable bonds is 4. The minimum atomic E-state index is -0.500. The molecule has 2 aromatic carbocycles. The molecule has 7 heteroatoms. The quantitative estimate of drug-likeness (QED) is 0.410. The predicted molar refractivity (Wildman–Crippen MR) is 110 cm³/mol. The van der Waals surface area contributed by atoms with Gasteiger partial charge in [-0.05, 0) is 55.0 Å². The molecular weight excluding hydrogens is 384 g/mol. The van der Waals surface area contributed by atoms with Gasteiger partial charge in [-0.2, -0.15) is 0 Å². The summed E-state index contributed by atoms with van der Waals surface area (Å²) in [5, 5.41) is 1.20. The third-order valence-electron chi connectivity index (χ3n) is 4.73. The van der Waals surface area contributed by atoms with Gasteiger partial charge in [-0.15, -0.1) is 0 Å². The standard InChI is InChI=1S/C23H18N2O5/c1-14-12-15(23(28)29-2)8-10-18(14)20-11-9-17(30-20)13-19-21(26)24-25(22(19)27)16-6-4-3-5-7-16/h3-13H,1-2H3,(H,24,26). The number of carbonyl (C=O) groups is 3. The summed E-state index contributed by atoms with van der Waals surface area (Å²) in [7, 11) is 1.33. The second-order valence-electron chi connectivity index (χ2n) is 6.70. The number of methoxy groups -OCH3 is 1. The van der Waals surface area contributed by atoms with Gasteiger partial charge in [0.2, 0.25) is 0 Å². The normalized spacial score (nSPS) is 14.9. The van der Waals surface area contributed by atoms with Crippen molar-refractivity contribution in [2.75, 3.05) is 12.1 Å². The molecule has 1 fully saturated rings. The molecule has 1 N–H and O–H groups in total. The number of benzene rings is 2. The van der Waals surface area contributed by atoms with Gasteiger partial charge in [-0.1, -0.05) is 24.3 Å². The van der Waals surface area contributed by atoms with E-state index in [0.717, 1.165) is 11.1 Å². The minimum absolute atomic E-state index is 0.0162. The molecule has 1 aliphatic heterocycles. The number of furan rings is 1. The Balaban J connectivity index is 1.60. The number of hydrogen-bond acceptors (Lipinski definition) is 5. The summed E-state index contributed by atoms with van der Waals surface area (Å²) in [6.07, 6.45) is 1.42. The molecule has 3 aromatic rings. The first-order valence-electron chi connectivity index (χ1n) is 9.19. The second kappa shape index (κ2) is 7.71. The monoisotopic (exact) mass is 402 g/mol. The number of para-hydroxylation sites is 1. The molecule has 0 bridgehead atoms. The zero-order chi connectivity index (χ0) is 21.3. The lowest BCUT2D eigenvalue weighted by Crippen LogP contribution is -2.35. The van der Waals surface area contributed by atoms with Crippen LogP contribution in [0.1, 0.15) is 21.7 Å². The fourth-order valence-corrected chi connectivity index (χ4v) is 3.22. The van der Waals surface area contributed by atoms with Gasteiger partial charge in [0.15, 0.2) is 0 Å². The molecule has 4 rings (SSSR count). The molecule has 0 radical (unpaired) electrons. The second-order valence-corrected chi connectivity index (χ2v) is 6.70. The Hall–Kier alpha value is -4.13. The Bertz CT molecular complexity index is 1180. The van der Waals surface area contributed by atoms with E-state index in [2.05, 4.69) is 5.43 Å². The van der Waals surface area contributed by atoms with E-state index in [1.165, 1.54) is 18.2 Å². The topological polar surface area (TPSA) is 88.9 Å². The highest BCUT2D eigenvalue weighted by Crippen LogP contribution is 2.28. The number of anilines is 1. The van der Waals surface area contributed by atoms with Gasteiger partial charge >= 0.3 is 5.97 Å². The molecule has 0 saturated carbocycles. The summed E-state index contributed by atoms with van der Waals surface area (Å²) in [5.74, 6) is -0.442. The van der Waals surface area contributed by atoms with E-state index in [1.54, 1.807) is 54.6 Å². The molecule has 2 heterocycles. The first kappa shape index (κ1) is 19.2. The summed E-state index contributed by atoms with van der Waals surface area (Å²) in [5.41, 5.74) is 5.17. The molecule has 0 spiro atoms. The minimum Gasteiger partial charge on any atom is -0.465 e. The molecule has 30 heavy (non-hydrogen) atoms. The van der Waals surface area contributed by atoms with Crippen molar-refractivity contribution in [1.82, 2.24) is 5.43 Å². The van der Waals surface area contributed by atoms with E-state index in [4.69, 9.17) is 9.15 Å².